The largest absolute Gasteiger partial charge is 0.331 e. The average Bonchev–Trinajstić information content (AvgIpc) is 2.76. The van der Waals surface area contributed by atoms with Gasteiger partial charge in [-0.15, -0.1) is 11.3 Å². The molecule has 5 nitrogen and oxygen atoms in total. The Hall–Kier alpha value is -0.990. The van der Waals surface area contributed by atoms with Gasteiger partial charge in [0, 0.05) is 0 Å². The molecule has 2 aromatic rings. The molecule has 2 aromatic heterocycles. The molecule has 1 aliphatic rings. The summed E-state index contributed by atoms with van der Waals surface area (Å²) in [5, 5.41) is 1.82. The van der Waals surface area contributed by atoms with Crippen molar-refractivity contribution >= 4 is 43.6 Å². The standard InChI is InChI=1S/C11H12N2O3S3/c14-10-9-8(3-4-18-9)12-11(17)13(10)7-2-1-5-19(15,16)6-7/h3-4,7H,1-2,5-6H2,(H,12,17). The number of aromatic amines is 1. The summed E-state index contributed by atoms with van der Waals surface area (Å²) in [5.74, 6) is 0.206. The number of H-pyrrole nitrogens is 1. The molecule has 0 radical (unpaired) electrons. The lowest BCUT2D eigenvalue weighted by Crippen LogP contribution is -2.34. The molecule has 8 heteroatoms. The van der Waals surface area contributed by atoms with Crippen LogP contribution in [0.4, 0.5) is 0 Å². The number of fused-ring (bicyclic) bond motifs is 1. The highest BCUT2D eigenvalue weighted by atomic mass is 32.2. The van der Waals surface area contributed by atoms with E-state index in [0.29, 0.717) is 22.3 Å². The van der Waals surface area contributed by atoms with Gasteiger partial charge >= 0.3 is 0 Å². The second-order valence-electron chi connectivity index (χ2n) is 4.68. The lowest BCUT2D eigenvalue weighted by molar-refractivity contribution is 0.454. The van der Waals surface area contributed by atoms with Crippen molar-refractivity contribution in [3.05, 3.63) is 26.6 Å². The van der Waals surface area contributed by atoms with Gasteiger partial charge in [0.15, 0.2) is 14.6 Å². The average molecular weight is 316 g/mol. The molecular weight excluding hydrogens is 304 g/mol. The Balaban J connectivity index is 2.20. The SMILES string of the molecule is O=c1c2sccc2[nH]c(=S)n1C1CCCS(=O)(=O)C1. The number of thiophene rings is 1. The van der Waals surface area contributed by atoms with Crippen molar-refractivity contribution in [2.45, 2.75) is 18.9 Å². The molecule has 1 aliphatic heterocycles. The summed E-state index contributed by atoms with van der Waals surface area (Å²) in [7, 11) is -3.07. The Labute approximate surface area is 118 Å². The summed E-state index contributed by atoms with van der Waals surface area (Å²) in [5.41, 5.74) is 0.533. The van der Waals surface area contributed by atoms with Crippen LogP contribution in [-0.2, 0) is 9.84 Å². The molecule has 1 atom stereocenters. The van der Waals surface area contributed by atoms with Crippen LogP contribution in [0.1, 0.15) is 18.9 Å². The summed E-state index contributed by atoms with van der Waals surface area (Å²) >= 11 is 6.55. The van der Waals surface area contributed by atoms with Crippen LogP contribution in [0.25, 0.3) is 10.2 Å². The molecule has 102 valence electrons. The summed E-state index contributed by atoms with van der Waals surface area (Å²) in [4.78, 5) is 15.4. The fourth-order valence-electron chi connectivity index (χ4n) is 2.48. The van der Waals surface area contributed by atoms with Gasteiger partial charge in [-0.3, -0.25) is 9.36 Å². The number of sulfone groups is 1. The molecule has 0 saturated carbocycles. The molecule has 1 saturated heterocycles. The van der Waals surface area contributed by atoms with Gasteiger partial charge in [-0.1, -0.05) is 0 Å². The number of rotatable bonds is 1. The number of aromatic nitrogens is 2. The third-order valence-corrected chi connectivity index (χ3v) is 6.35. The van der Waals surface area contributed by atoms with Gasteiger partial charge in [-0.2, -0.15) is 0 Å². The molecule has 0 aliphatic carbocycles. The van der Waals surface area contributed by atoms with Crippen molar-refractivity contribution in [1.82, 2.24) is 9.55 Å². The second kappa shape index (κ2) is 4.53. The van der Waals surface area contributed by atoms with E-state index in [9.17, 15) is 13.2 Å². The monoisotopic (exact) mass is 316 g/mol. The molecule has 3 rings (SSSR count). The molecule has 1 unspecified atom stereocenters. The van der Waals surface area contributed by atoms with Crippen molar-refractivity contribution in [1.29, 1.82) is 0 Å². The van der Waals surface area contributed by atoms with E-state index >= 15 is 0 Å². The first-order valence-electron chi connectivity index (χ1n) is 5.90. The minimum atomic E-state index is -3.07. The normalized spacial score (nSPS) is 22.6. The first kappa shape index (κ1) is 13.0. The van der Waals surface area contributed by atoms with Gasteiger partial charge in [-0.05, 0) is 36.5 Å². The maximum Gasteiger partial charge on any atom is 0.272 e. The molecule has 1 fully saturated rings. The predicted molar refractivity (Wildman–Crippen MR) is 78.2 cm³/mol. The maximum absolute atomic E-state index is 12.4. The van der Waals surface area contributed by atoms with Gasteiger partial charge < -0.3 is 4.98 Å². The van der Waals surface area contributed by atoms with E-state index < -0.39 is 9.84 Å². The Morgan fingerprint density at radius 3 is 3.00 bits per heavy atom. The van der Waals surface area contributed by atoms with Gasteiger partial charge in [-0.25, -0.2) is 8.42 Å². The van der Waals surface area contributed by atoms with Crippen molar-refractivity contribution in [2.24, 2.45) is 0 Å². The summed E-state index contributed by atoms with van der Waals surface area (Å²) < 4.78 is 25.8. The minimum Gasteiger partial charge on any atom is -0.331 e. The van der Waals surface area contributed by atoms with E-state index in [-0.39, 0.29) is 23.1 Å². The maximum atomic E-state index is 12.4. The van der Waals surface area contributed by atoms with Crippen molar-refractivity contribution in [3.8, 4) is 0 Å². The molecule has 1 N–H and O–H groups in total. The number of hydrogen-bond acceptors (Lipinski definition) is 5. The fraction of sp³-hybridized carbons (Fsp3) is 0.455. The fourth-order valence-corrected chi connectivity index (χ4v) is 5.29. The Morgan fingerprint density at radius 1 is 1.47 bits per heavy atom. The van der Waals surface area contributed by atoms with E-state index in [1.54, 1.807) is 6.07 Å². The summed E-state index contributed by atoms with van der Waals surface area (Å²) in [6.45, 7) is 0. The topological polar surface area (TPSA) is 71.9 Å². The van der Waals surface area contributed by atoms with Crippen LogP contribution in [0, 0.1) is 4.77 Å². The summed E-state index contributed by atoms with van der Waals surface area (Å²) in [6.07, 6.45) is 1.25. The molecular formula is C11H12N2O3S3. The van der Waals surface area contributed by atoms with E-state index in [1.807, 2.05) is 5.38 Å². The van der Waals surface area contributed by atoms with Crippen LogP contribution in [0.2, 0.25) is 0 Å². The zero-order chi connectivity index (χ0) is 13.6. The third kappa shape index (κ3) is 2.28. The van der Waals surface area contributed by atoms with E-state index in [1.165, 1.54) is 15.9 Å². The third-order valence-electron chi connectivity index (χ3n) is 3.34. The Bertz CT molecular complexity index is 844. The van der Waals surface area contributed by atoms with E-state index in [4.69, 9.17) is 12.2 Å². The predicted octanol–water partition coefficient (Wildman–Crippen LogP) is 1.87. The second-order valence-corrected chi connectivity index (χ2v) is 8.21. The number of nitrogens with one attached hydrogen (secondary N) is 1. The molecule has 0 spiro atoms. The van der Waals surface area contributed by atoms with Gasteiger partial charge in [0.2, 0.25) is 0 Å². The quantitative estimate of drug-likeness (QED) is 0.815. The van der Waals surface area contributed by atoms with Crippen molar-refractivity contribution < 1.29 is 8.42 Å². The van der Waals surface area contributed by atoms with Crippen LogP contribution in [-0.4, -0.2) is 29.5 Å². The van der Waals surface area contributed by atoms with Gasteiger partial charge in [0.05, 0.1) is 23.1 Å². The Morgan fingerprint density at radius 2 is 2.26 bits per heavy atom. The van der Waals surface area contributed by atoms with E-state index in [0.717, 1.165) is 5.52 Å². The highest BCUT2D eigenvalue weighted by Gasteiger charge is 2.27. The van der Waals surface area contributed by atoms with E-state index in [2.05, 4.69) is 4.98 Å². The number of nitrogens with zero attached hydrogens (tertiary/aromatic N) is 1. The lowest BCUT2D eigenvalue weighted by atomic mass is 10.2. The van der Waals surface area contributed by atoms with Gasteiger partial charge in [0.25, 0.3) is 5.56 Å². The molecule has 3 heterocycles. The van der Waals surface area contributed by atoms with Crippen LogP contribution < -0.4 is 5.56 Å². The molecule has 19 heavy (non-hydrogen) atoms. The van der Waals surface area contributed by atoms with Crippen LogP contribution in [0.3, 0.4) is 0 Å². The minimum absolute atomic E-state index is 0.00126. The molecule has 0 bridgehead atoms. The first-order valence-corrected chi connectivity index (χ1v) is 9.01. The van der Waals surface area contributed by atoms with Gasteiger partial charge in [0.1, 0.15) is 4.70 Å². The smallest absolute Gasteiger partial charge is 0.272 e. The van der Waals surface area contributed by atoms with Crippen LogP contribution >= 0.6 is 23.6 Å². The number of hydrogen-bond donors (Lipinski definition) is 1. The Kier molecular flexibility index (Phi) is 3.11. The highest BCUT2D eigenvalue weighted by molar-refractivity contribution is 7.91. The first-order chi connectivity index (χ1) is 8.98. The van der Waals surface area contributed by atoms with Crippen molar-refractivity contribution in [2.75, 3.05) is 11.5 Å². The summed E-state index contributed by atoms with van der Waals surface area (Å²) in [6, 6.07) is 1.46. The zero-order valence-electron chi connectivity index (χ0n) is 9.96. The zero-order valence-corrected chi connectivity index (χ0v) is 12.4. The van der Waals surface area contributed by atoms with Crippen LogP contribution in [0.5, 0.6) is 0 Å². The highest BCUT2D eigenvalue weighted by Crippen LogP contribution is 2.23. The van der Waals surface area contributed by atoms with Crippen molar-refractivity contribution in [3.63, 3.8) is 0 Å². The lowest BCUT2D eigenvalue weighted by Gasteiger charge is -2.23. The molecule has 0 amide bonds. The van der Waals surface area contributed by atoms with Crippen LogP contribution in [0.15, 0.2) is 16.2 Å². The molecule has 0 aromatic carbocycles.